The van der Waals surface area contributed by atoms with Gasteiger partial charge in [-0.25, -0.2) is 9.97 Å². The minimum Gasteiger partial charge on any atom is -0.368 e. The molecule has 0 aromatic carbocycles. The van der Waals surface area contributed by atoms with Crippen LogP contribution in [0.25, 0.3) is 0 Å². The third-order valence-corrected chi connectivity index (χ3v) is 5.36. The fourth-order valence-electron chi connectivity index (χ4n) is 4.05. The number of aromatic nitrogens is 2. The summed E-state index contributed by atoms with van der Waals surface area (Å²) in [5.74, 6) is -0.389. The first-order valence-electron chi connectivity index (χ1n) is 8.85. The second-order valence-electron chi connectivity index (χ2n) is 6.79. The standard InChI is InChI=1S/C18H22N4O2/c23-15-12-14(18(24)17-16(15)19-6-7-20-17)22-10-4-13(5-11-22)21-8-2-1-3-9-21/h6-7,12-13H,1-5,8-11H2. The largest absolute Gasteiger partial charge is 0.368 e. The number of carbonyl (C=O) groups excluding carboxylic acids is 2. The maximum atomic E-state index is 12.7. The van der Waals surface area contributed by atoms with E-state index in [1.165, 1.54) is 50.8 Å². The van der Waals surface area contributed by atoms with Gasteiger partial charge in [-0.2, -0.15) is 0 Å². The number of Topliss-reactive ketones (excluding diaryl/α,β-unsaturated/α-hetero) is 1. The van der Waals surface area contributed by atoms with Crippen LogP contribution in [0.2, 0.25) is 0 Å². The van der Waals surface area contributed by atoms with Crippen molar-refractivity contribution in [3.8, 4) is 0 Å². The van der Waals surface area contributed by atoms with E-state index >= 15 is 0 Å². The van der Waals surface area contributed by atoms with Crippen molar-refractivity contribution in [3.63, 3.8) is 0 Å². The molecule has 0 spiro atoms. The van der Waals surface area contributed by atoms with Crippen LogP contribution in [0.5, 0.6) is 0 Å². The van der Waals surface area contributed by atoms with Gasteiger partial charge in [0.2, 0.25) is 11.6 Å². The van der Waals surface area contributed by atoms with Crippen molar-refractivity contribution < 1.29 is 9.59 Å². The SMILES string of the molecule is O=C1C=C(N2CCC(N3CCCCC3)CC2)C(=O)c2nccnc21. The van der Waals surface area contributed by atoms with E-state index in [1.54, 1.807) is 0 Å². The van der Waals surface area contributed by atoms with Crippen LogP contribution < -0.4 is 0 Å². The number of piperidine rings is 2. The molecule has 1 aromatic rings. The highest BCUT2D eigenvalue weighted by Crippen LogP contribution is 2.26. The molecule has 0 amide bonds. The summed E-state index contributed by atoms with van der Waals surface area (Å²) in [6.45, 7) is 4.05. The lowest BCUT2D eigenvalue weighted by atomic mass is 9.96. The van der Waals surface area contributed by atoms with Crippen molar-refractivity contribution in [2.24, 2.45) is 0 Å². The Labute approximate surface area is 141 Å². The molecule has 4 rings (SSSR count). The van der Waals surface area contributed by atoms with E-state index < -0.39 is 0 Å². The highest BCUT2D eigenvalue weighted by molar-refractivity contribution is 6.22. The van der Waals surface area contributed by atoms with Crippen molar-refractivity contribution in [1.82, 2.24) is 19.8 Å². The van der Waals surface area contributed by atoms with Gasteiger partial charge in [0, 0.05) is 37.6 Å². The zero-order chi connectivity index (χ0) is 16.5. The van der Waals surface area contributed by atoms with Gasteiger partial charge in [0.25, 0.3) is 0 Å². The first kappa shape index (κ1) is 15.4. The summed E-state index contributed by atoms with van der Waals surface area (Å²) in [4.78, 5) is 37.6. The fraction of sp³-hybridized carbons (Fsp3) is 0.556. The van der Waals surface area contributed by atoms with Crippen LogP contribution in [0.4, 0.5) is 0 Å². The molecule has 0 bridgehead atoms. The molecule has 6 nitrogen and oxygen atoms in total. The lowest BCUT2D eigenvalue weighted by Gasteiger charge is -2.41. The van der Waals surface area contributed by atoms with E-state index in [2.05, 4.69) is 19.8 Å². The molecule has 24 heavy (non-hydrogen) atoms. The van der Waals surface area contributed by atoms with Crippen molar-refractivity contribution >= 4 is 11.6 Å². The topological polar surface area (TPSA) is 66.4 Å². The number of allylic oxidation sites excluding steroid dienone is 2. The Kier molecular flexibility index (Phi) is 4.14. The molecule has 6 heteroatoms. The van der Waals surface area contributed by atoms with E-state index in [1.807, 2.05) is 0 Å². The second kappa shape index (κ2) is 6.43. The molecule has 2 fully saturated rings. The first-order chi connectivity index (χ1) is 11.7. The fourth-order valence-corrected chi connectivity index (χ4v) is 4.05. The van der Waals surface area contributed by atoms with Gasteiger partial charge in [-0.15, -0.1) is 0 Å². The van der Waals surface area contributed by atoms with Gasteiger partial charge in [-0.1, -0.05) is 6.42 Å². The maximum absolute atomic E-state index is 12.7. The Morgan fingerprint density at radius 3 is 2.25 bits per heavy atom. The van der Waals surface area contributed by atoms with Gasteiger partial charge in [0.15, 0.2) is 0 Å². The molecule has 0 saturated carbocycles. The zero-order valence-electron chi connectivity index (χ0n) is 13.8. The van der Waals surface area contributed by atoms with Crippen LogP contribution in [0, 0.1) is 0 Å². The normalized spacial score (nSPS) is 23.2. The van der Waals surface area contributed by atoms with Gasteiger partial charge in [0.1, 0.15) is 11.4 Å². The van der Waals surface area contributed by atoms with Crippen LogP contribution in [-0.2, 0) is 0 Å². The number of carbonyl (C=O) groups is 2. The summed E-state index contributed by atoms with van der Waals surface area (Å²) in [6, 6.07) is 0.614. The molecule has 0 N–H and O–H groups in total. The van der Waals surface area contributed by atoms with Crippen molar-refractivity contribution in [2.75, 3.05) is 26.2 Å². The summed E-state index contributed by atoms with van der Waals surface area (Å²) >= 11 is 0. The average Bonchev–Trinajstić information content (AvgIpc) is 2.66. The third-order valence-electron chi connectivity index (χ3n) is 5.36. The van der Waals surface area contributed by atoms with Gasteiger partial charge in [-0.3, -0.25) is 9.59 Å². The predicted octanol–water partition coefficient (Wildman–Crippen LogP) is 1.69. The molecule has 0 atom stereocenters. The molecule has 3 aliphatic rings. The summed E-state index contributed by atoms with van der Waals surface area (Å²) in [5.41, 5.74) is 0.859. The molecular weight excluding hydrogens is 304 g/mol. The van der Waals surface area contributed by atoms with Crippen molar-refractivity contribution in [1.29, 1.82) is 0 Å². The van der Waals surface area contributed by atoms with E-state index in [4.69, 9.17) is 0 Å². The van der Waals surface area contributed by atoms with E-state index in [0.29, 0.717) is 11.7 Å². The Hall–Kier alpha value is -2.08. The minimum atomic E-state index is -0.217. The van der Waals surface area contributed by atoms with Gasteiger partial charge >= 0.3 is 0 Å². The second-order valence-corrected chi connectivity index (χ2v) is 6.79. The van der Waals surface area contributed by atoms with Crippen LogP contribution >= 0.6 is 0 Å². The highest BCUT2D eigenvalue weighted by atomic mass is 16.1. The average molecular weight is 326 g/mol. The van der Waals surface area contributed by atoms with Crippen molar-refractivity contribution in [3.05, 3.63) is 35.6 Å². The molecule has 0 radical (unpaired) electrons. The van der Waals surface area contributed by atoms with E-state index in [0.717, 1.165) is 25.9 Å². The van der Waals surface area contributed by atoms with Gasteiger partial charge in [-0.05, 0) is 38.8 Å². The summed E-state index contributed by atoms with van der Waals surface area (Å²) in [5, 5.41) is 0. The Morgan fingerprint density at radius 2 is 1.54 bits per heavy atom. The molecule has 0 unspecified atom stereocenters. The smallest absolute Gasteiger partial charge is 0.229 e. The monoisotopic (exact) mass is 326 g/mol. The van der Waals surface area contributed by atoms with Crippen molar-refractivity contribution in [2.45, 2.75) is 38.1 Å². The molecule has 126 valence electrons. The summed E-state index contributed by atoms with van der Waals surface area (Å²) in [7, 11) is 0. The Morgan fingerprint density at radius 1 is 0.875 bits per heavy atom. The quantitative estimate of drug-likeness (QED) is 0.824. The van der Waals surface area contributed by atoms with Crippen LogP contribution in [-0.4, -0.2) is 63.6 Å². The van der Waals surface area contributed by atoms with Gasteiger partial charge < -0.3 is 9.80 Å². The lowest BCUT2D eigenvalue weighted by molar-refractivity contribution is 0.0858. The number of nitrogens with zero attached hydrogens (tertiary/aromatic N) is 4. The molecule has 3 heterocycles. The minimum absolute atomic E-state index is 0.172. The maximum Gasteiger partial charge on any atom is 0.229 e. The molecule has 1 aliphatic carbocycles. The van der Waals surface area contributed by atoms with E-state index in [9.17, 15) is 9.59 Å². The zero-order valence-corrected chi connectivity index (χ0v) is 13.8. The van der Waals surface area contributed by atoms with Crippen LogP contribution in [0.1, 0.15) is 53.1 Å². The highest BCUT2D eigenvalue weighted by Gasteiger charge is 2.33. The molecule has 2 aliphatic heterocycles. The third kappa shape index (κ3) is 2.75. The number of fused-ring (bicyclic) bond motifs is 1. The lowest BCUT2D eigenvalue weighted by Crippen LogP contribution is -2.47. The first-order valence-corrected chi connectivity index (χ1v) is 8.85. The number of ketones is 2. The van der Waals surface area contributed by atoms with Crippen LogP contribution in [0.3, 0.4) is 0 Å². The van der Waals surface area contributed by atoms with E-state index in [-0.39, 0.29) is 23.0 Å². The molecule has 1 aromatic heterocycles. The number of hydrogen-bond donors (Lipinski definition) is 0. The Bertz CT molecular complexity index is 686. The number of hydrogen-bond acceptors (Lipinski definition) is 6. The Balaban J connectivity index is 1.46. The molecule has 2 saturated heterocycles. The summed E-state index contributed by atoms with van der Waals surface area (Å²) in [6.07, 6.45) is 10.4. The summed E-state index contributed by atoms with van der Waals surface area (Å²) < 4.78 is 0. The van der Waals surface area contributed by atoms with Crippen LogP contribution in [0.15, 0.2) is 24.2 Å². The van der Waals surface area contributed by atoms with Gasteiger partial charge in [0.05, 0.1) is 5.70 Å². The predicted molar refractivity (Wildman–Crippen MR) is 88.8 cm³/mol. The number of likely N-dealkylation sites (tertiary alicyclic amines) is 2. The molecular formula is C18H22N4O2. The number of rotatable bonds is 2.